The zero-order valence-corrected chi connectivity index (χ0v) is 20.1. The first-order valence-electron chi connectivity index (χ1n) is 12.0. The molecule has 0 bridgehead atoms. The lowest BCUT2D eigenvalue weighted by Gasteiger charge is -2.34. The zero-order valence-electron chi connectivity index (χ0n) is 20.1. The van der Waals surface area contributed by atoms with E-state index in [0.717, 1.165) is 31.9 Å². The fourth-order valence-electron chi connectivity index (χ4n) is 5.14. The number of carbonyl (C=O) groups excluding carboxylic acids is 3. The standard InChI is InChI=1S/C25H36N4O4/c1-16(2)13-20(25(32)29-14-17(3)23-22(29)21(30)15-33-23)26-24(31)18-5-7-19(8-6-18)28-11-9-27(4)10-12-28/h5-8,16-17,20,22-23H,9-15H2,1-4H3,(H,26,31)/t17-,20-,22+,23+/m0/s1. The van der Waals surface area contributed by atoms with Crippen molar-refractivity contribution in [2.75, 3.05) is 51.3 Å². The number of rotatable bonds is 6. The highest BCUT2D eigenvalue weighted by atomic mass is 16.5. The normalized spacial score (nSPS) is 26.6. The molecule has 3 fully saturated rings. The number of ether oxygens (including phenoxy) is 1. The molecule has 4 rings (SSSR count). The maximum atomic E-state index is 13.5. The van der Waals surface area contributed by atoms with E-state index in [0.29, 0.717) is 18.5 Å². The van der Waals surface area contributed by atoms with E-state index in [1.54, 1.807) is 4.90 Å². The van der Waals surface area contributed by atoms with Gasteiger partial charge in [-0.05, 0) is 43.7 Å². The lowest BCUT2D eigenvalue weighted by molar-refractivity contribution is -0.138. The Labute approximate surface area is 196 Å². The highest BCUT2D eigenvalue weighted by Gasteiger charge is 2.51. The van der Waals surface area contributed by atoms with Gasteiger partial charge in [-0.15, -0.1) is 0 Å². The summed E-state index contributed by atoms with van der Waals surface area (Å²) in [4.78, 5) is 45.1. The van der Waals surface area contributed by atoms with Crippen molar-refractivity contribution in [2.24, 2.45) is 11.8 Å². The molecule has 3 aliphatic heterocycles. The Kier molecular flexibility index (Phi) is 7.05. The van der Waals surface area contributed by atoms with E-state index in [1.807, 2.05) is 45.0 Å². The summed E-state index contributed by atoms with van der Waals surface area (Å²) in [6.45, 7) is 10.6. The Balaban J connectivity index is 1.44. The molecule has 2 amide bonds. The molecule has 180 valence electrons. The molecule has 0 spiro atoms. The van der Waals surface area contributed by atoms with Crippen molar-refractivity contribution in [1.82, 2.24) is 15.1 Å². The van der Waals surface area contributed by atoms with Crippen LogP contribution in [0.4, 0.5) is 5.69 Å². The van der Waals surface area contributed by atoms with Crippen molar-refractivity contribution in [3.8, 4) is 0 Å². The van der Waals surface area contributed by atoms with Gasteiger partial charge in [-0.1, -0.05) is 20.8 Å². The largest absolute Gasteiger partial charge is 0.369 e. The number of nitrogens with zero attached hydrogens (tertiary/aromatic N) is 3. The van der Waals surface area contributed by atoms with Crippen LogP contribution in [0.2, 0.25) is 0 Å². The van der Waals surface area contributed by atoms with Crippen LogP contribution in [-0.4, -0.2) is 92.0 Å². The van der Waals surface area contributed by atoms with Crippen LogP contribution in [-0.2, 0) is 14.3 Å². The average molecular weight is 457 g/mol. The molecule has 0 unspecified atom stereocenters. The quantitative estimate of drug-likeness (QED) is 0.697. The van der Waals surface area contributed by atoms with E-state index >= 15 is 0 Å². The van der Waals surface area contributed by atoms with Crippen molar-refractivity contribution in [3.05, 3.63) is 29.8 Å². The Bertz CT molecular complexity index is 879. The molecule has 0 saturated carbocycles. The van der Waals surface area contributed by atoms with E-state index in [9.17, 15) is 14.4 Å². The number of Topliss-reactive ketones (excluding diaryl/α,β-unsaturated/α-hetero) is 1. The van der Waals surface area contributed by atoms with Crippen LogP contribution in [0.3, 0.4) is 0 Å². The monoisotopic (exact) mass is 456 g/mol. The summed E-state index contributed by atoms with van der Waals surface area (Å²) in [6, 6.07) is 6.39. The molecular formula is C25H36N4O4. The van der Waals surface area contributed by atoms with Crippen LogP contribution in [0.5, 0.6) is 0 Å². The third kappa shape index (κ3) is 5.06. The molecule has 4 atom stereocenters. The fourth-order valence-corrected chi connectivity index (χ4v) is 5.14. The van der Waals surface area contributed by atoms with Gasteiger partial charge in [0.1, 0.15) is 18.7 Å². The number of benzene rings is 1. The molecule has 0 aliphatic carbocycles. The van der Waals surface area contributed by atoms with Crippen LogP contribution >= 0.6 is 0 Å². The van der Waals surface area contributed by atoms with E-state index in [1.165, 1.54) is 0 Å². The Hall–Kier alpha value is -2.45. The lowest BCUT2D eigenvalue weighted by atomic mass is 10.0. The summed E-state index contributed by atoms with van der Waals surface area (Å²) in [6.07, 6.45) is 0.278. The van der Waals surface area contributed by atoms with Gasteiger partial charge in [-0.3, -0.25) is 14.4 Å². The second kappa shape index (κ2) is 9.81. The highest BCUT2D eigenvalue weighted by Crippen LogP contribution is 2.32. The number of hydrogen-bond donors (Lipinski definition) is 1. The molecule has 1 aromatic carbocycles. The molecular weight excluding hydrogens is 420 g/mol. The second-order valence-electron chi connectivity index (χ2n) is 10.1. The molecule has 1 N–H and O–H groups in total. The predicted octanol–water partition coefficient (Wildman–Crippen LogP) is 1.40. The zero-order chi connectivity index (χ0) is 23.7. The maximum absolute atomic E-state index is 13.5. The summed E-state index contributed by atoms with van der Waals surface area (Å²) >= 11 is 0. The van der Waals surface area contributed by atoms with Crippen molar-refractivity contribution in [3.63, 3.8) is 0 Å². The third-order valence-corrected chi connectivity index (χ3v) is 7.03. The second-order valence-corrected chi connectivity index (χ2v) is 10.1. The van der Waals surface area contributed by atoms with Gasteiger partial charge in [0.15, 0.2) is 5.78 Å². The van der Waals surface area contributed by atoms with Crippen LogP contribution in [0, 0.1) is 11.8 Å². The van der Waals surface area contributed by atoms with Gasteiger partial charge in [0.05, 0.1) is 6.10 Å². The van der Waals surface area contributed by atoms with E-state index < -0.39 is 12.1 Å². The molecule has 0 radical (unpaired) electrons. The van der Waals surface area contributed by atoms with Crippen LogP contribution in [0.25, 0.3) is 0 Å². The molecule has 33 heavy (non-hydrogen) atoms. The molecule has 3 heterocycles. The SMILES string of the molecule is CC(C)C[C@H](NC(=O)c1ccc(N2CCN(C)CC2)cc1)C(=O)N1C[C@H](C)[C@H]2OCC(=O)[C@H]21. The van der Waals surface area contributed by atoms with Gasteiger partial charge in [-0.25, -0.2) is 0 Å². The first-order chi connectivity index (χ1) is 15.7. The van der Waals surface area contributed by atoms with Gasteiger partial charge >= 0.3 is 0 Å². The number of anilines is 1. The van der Waals surface area contributed by atoms with Crippen molar-refractivity contribution in [2.45, 2.75) is 45.4 Å². The molecule has 8 nitrogen and oxygen atoms in total. The van der Waals surface area contributed by atoms with Gasteiger partial charge in [0.25, 0.3) is 5.91 Å². The van der Waals surface area contributed by atoms with Gasteiger partial charge in [0, 0.05) is 49.9 Å². The fraction of sp³-hybridized carbons (Fsp3) is 0.640. The Morgan fingerprint density at radius 3 is 2.42 bits per heavy atom. The minimum absolute atomic E-state index is 0.0492. The minimum atomic E-state index is -0.672. The molecule has 1 aromatic rings. The molecule has 0 aromatic heterocycles. The van der Waals surface area contributed by atoms with E-state index in [4.69, 9.17) is 4.74 Å². The number of nitrogens with one attached hydrogen (secondary N) is 1. The first-order valence-corrected chi connectivity index (χ1v) is 12.0. The number of fused-ring (bicyclic) bond motifs is 1. The Morgan fingerprint density at radius 1 is 1.12 bits per heavy atom. The number of hydrogen-bond acceptors (Lipinski definition) is 6. The number of carbonyl (C=O) groups is 3. The molecule has 8 heteroatoms. The van der Waals surface area contributed by atoms with Crippen molar-refractivity contribution < 1.29 is 19.1 Å². The Morgan fingerprint density at radius 2 is 1.79 bits per heavy atom. The van der Waals surface area contributed by atoms with Gasteiger partial charge in [0.2, 0.25) is 5.91 Å². The first kappa shape index (κ1) is 23.7. The van der Waals surface area contributed by atoms with Crippen molar-refractivity contribution >= 4 is 23.3 Å². The number of likely N-dealkylation sites (tertiary alicyclic amines) is 1. The van der Waals surface area contributed by atoms with Gasteiger partial charge in [-0.2, -0.15) is 0 Å². The van der Waals surface area contributed by atoms with E-state index in [2.05, 4.69) is 22.2 Å². The smallest absolute Gasteiger partial charge is 0.251 e. The predicted molar refractivity (Wildman–Crippen MR) is 126 cm³/mol. The average Bonchev–Trinajstić information content (AvgIpc) is 3.33. The molecule has 3 saturated heterocycles. The summed E-state index contributed by atoms with van der Waals surface area (Å²) in [5.74, 6) is -0.194. The van der Waals surface area contributed by atoms with Gasteiger partial charge < -0.3 is 24.8 Å². The third-order valence-electron chi connectivity index (χ3n) is 7.03. The number of piperazine rings is 1. The minimum Gasteiger partial charge on any atom is -0.369 e. The number of ketones is 1. The number of likely N-dealkylation sites (N-methyl/N-ethyl adjacent to an activating group) is 1. The summed E-state index contributed by atoms with van der Waals surface area (Å²) in [7, 11) is 2.12. The lowest BCUT2D eigenvalue weighted by Crippen LogP contribution is -2.52. The topological polar surface area (TPSA) is 82.2 Å². The van der Waals surface area contributed by atoms with Crippen LogP contribution in [0.15, 0.2) is 24.3 Å². The number of amides is 2. The molecule has 3 aliphatic rings. The maximum Gasteiger partial charge on any atom is 0.251 e. The van der Waals surface area contributed by atoms with Crippen molar-refractivity contribution in [1.29, 1.82) is 0 Å². The summed E-state index contributed by atoms with van der Waals surface area (Å²) < 4.78 is 5.62. The van der Waals surface area contributed by atoms with Crippen LogP contribution < -0.4 is 10.2 Å². The van der Waals surface area contributed by atoms with E-state index in [-0.39, 0.29) is 42.1 Å². The highest BCUT2D eigenvalue weighted by molar-refractivity contribution is 5.99. The summed E-state index contributed by atoms with van der Waals surface area (Å²) in [5.41, 5.74) is 1.63. The summed E-state index contributed by atoms with van der Waals surface area (Å²) in [5, 5.41) is 2.95. The van der Waals surface area contributed by atoms with Crippen LogP contribution in [0.1, 0.15) is 37.6 Å².